The summed E-state index contributed by atoms with van der Waals surface area (Å²) in [7, 11) is 0. The molecule has 0 saturated heterocycles. The molecular formula is C18H25ClN2O2. The molecule has 1 aliphatic carbocycles. The number of carbonyl (C=O) groups excluding carboxylic acids is 2. The smallest absolute Gasteiger partial charge is 0.235 e. The molecule has 1 aromatic carbocycles. The van der Waals surface area contributed by atoms with E-state index in [9.17, 15) is 9.59 Å². The normalized spacial score (nSPS) is 15.4. The standard InChI is InChI=1S/C18H25ClN2O2/c1-18(2,17(23)21-15-8-3-4-9-15)16(22)20-11-10-13-6-5-7-14(19)12-13/h5-7,12,15H,3-4,8-11H2,1-2H3,(H,20,22)(H,21,23). The second-order valence-corrected chi connectivity index (χ2v) is 7.15. The maximum atomic E-state index is 12.4. The number of nitrogens with one attached hydrogen (secondary N) is 2. The average Bonchev–Trinajstić information content (AvgIpc) is 3.00. The van der Waals surface area contributed by atoms with Crippen LogP contribution in [-0.2, 0) is 16.0 Å². The van der Waals surface area contributed by atoms with Gasteiger partial charge in [0.25, 0.3) is 0 Å². The van der Waals surface area contributed by atoms with E-state index in [0.29, 0.717) is 18.0 Å². The third-order valence-corrected chi connectivity index (χ3v) is 4.65. The molecule has 1 aliphatic rings. The van der Waals surface area contributed by atoms with Gasteiger partial charge in [-0.1, -0.05) is 36.6 Å². The van der Waals surface area contributed by atoms with Crippen molar-refractivity contribution in [1.29, 1.82) is 0 Å². The second-order valence-electron chi connectivity index (χ2n) is 6.72. The predicted octanol–water partition coefficient (Wildman–Crippen LogP) is 3.08. The topological polar surface area (TPSA) is 58.2 Å². The van der Waals surface area contributed by atoms with Crippen molar-refractivity contribution < 1.29 is 9.59 Å². The van der Waals surface area contributed by atoms with Crippen molar-refractivity contribution in [3.05, 3.63) is 34.9 Å². The van der Waals surface area contributed by atoms with Crippen molar-refractivity contribution in [3.63, 3.8) is 0 Å². The van der Waals surface area contributed by atoms with Crippen molar-refractivity contribution >= 4 is 23.4 Å². The molecular weight excluding hydrogens is 312 g/mol. The van der Waals surface area contributed by atoms with Crippen molar-refractivity contribution in [2.24, 2.45) is 5.41 Å². The molecule has 0 aromatic heterocycles. The Balaban J connectivity index is 1.81. The minimum atomic E-state index is -1.06. The molecule has 0 unspecified atom stereocenters. The van der Waals surface area contributed by atoms with Gasteiger partial charge in [-0.05, 0) is 50.8 Å². The monoisotopic (exact) mass is 336 g/mol. The van der Waals surface area contributed by atoms with E-state index in [1.165, 1.54) is 0 Å². The fourth-order valence-corrected chi connectivity index (χ4v) is 2.99. The Bertz CT molecular complexity index is 566. The largest absolute Gasteiger partial charge is 0.355 e. The van der Waals surface area contributed by atoms with Gasteiger partial charge in [-0.15, -0.1) is 0 Å². The van der Waals surface area contributed by atoms with E-state index in [-0.39, 0.29) is 17.9 Å². The fraction of sp³-hybridized carbons (Fsp3) is 0.556. The van der Waals surface area contributed by atoms with Gasteiger partial charge < -0.3 is 10.6 Å². The summed E-state index contributed by atoms with van der Waals surface area (Å²) in [5, 5.41) is 6.54. The first-order valence-electron chi connectivity index (χ1n) is 8.23. The third kappa shape index (κ3) is 4.96. The van der Waals surface area contributed by atoms with E-state index in [4.69, 9.17) is 11.6 Å². The highest BCUT2D eigenvalue weighted by Crippen LogP contribution is 2.21. The molecule has 1 saturated carbocycles. The van der Waals surface area contributed by atoms with Crippen LogP contribution in [0.15, 0.2) is 24.3 Å². The van der Waals surface area contributed by atoms with Crippen LogP contribution in [-0.4, -0.2) is 24.4 Å². The molecule has 0 bridgehead atoms. The lowest BCUT2D eigenvalue weighted by Gasteiger charge is -2.25. The molecule has 5 heteroatoms. The number of benzene rings is 1. The number of amides is 2. The van der Waals surface area contributed by atoms with E-state index in [1.54, 1.807) is 13.8 Å². The van der Waals surface area contributed by atoms with Crippen LogP contribution in [0.1, 0.15) is 45.1 Å². The SMILES string of the molecule is CC(C)(C(=O)NCCc1cccc(Cl)c1)C(=O)NC1CCCC1. The minimum absolute atomic E-state index is 0.190. The summed E-state index contributed by atoms with van der Waals surface area (Å²) >= 11 is 5.94. The van der Waals surface area contributed by atoms with Crippen molar-refractivity contribution in [2.75, 3.05) is 6.54 Å². The minimum Gasteiger partial charge on any atom is -0.355 e. The lowest BCUT2D eigenvalue weighted by molar-refractivity contribution is -0.141. The highest BCUT2D eigenvalue weighted by atomic mass is 35.5. The van der Waals surface area contributed by atoms with Crippen LogP contribution in [0.5, 0.6) is 0 Å². The van der Waals surface area contributed by atoms with Gasteiger partial charge in [-0.3, -0.25) is 9.59 Å². The summed E-state index contributed by atoms with van der Waals surface area (Å²) in [6.07, 6.45) is 5.01. The van der Waals surface area contributed by atoms with Gasteiger partial charge in [0.1, 0.15) is 5.41 Å². The molecule has 126 valence electrons. The number of hydrogen-bond donors (Lipinski definition) is 2. The zero-order valence-corrected chi connectivity index (χ0v) is 14.6. The summed E-state index contributed by atoms with van der Waals surface area (Å²) in [5.41, 5.74) is 0.00252. The highest BCUT2D eigenvalue weighted by molar-refractivity contribution is 6.30. The van der Waals surface area contributed by atoms with Crippen molar-refractivity contribution in [2.45, 2.75) is 52.0 Å². The molecule has 2 N–H and O–H groups in total. The van der Waals surface area contributed by atoms with Gasteiger partial charge in [0.15, 0.2) is 0 Å². The lowest BCUT2D eigenvalue weighted by atomic mass is 9.90. The second kappa shape index (κ2) is 7.82. The van der Waals surface area contributed by atoms with Crippen molar-refractivity contribution in [3.8, 4) is 0 Å². The summed E-state index contributed by atoms with van der Waals surface area (Å²) in [5.74, 6) is -0.431. The Labute approximate surface area is 143 Å². The van der Waals surface area contributed by atoms with Crippen LogP contribution < -0.4 is 10.6 Å². The number of rotatable bonds is 6. The molecule has 0 heterocycles. The molecule has 0 atom stereocenters. The van der Waals surface area contributed by atoms with E-state index in [1.807, 2.05) is 24.3 Å². The number of carbonyl (C=O) groups is 2. The average molecular weight is 337 g/mol. The zero-order valence-electron chi connectivity index (χ0n) is 13.8. The quantitative estimate of drug-likeness (QED) is 0.784. The molecule has 4 nitrogen and oxygen atoms in total. The van der Waals surface area contributed by atoms with E-state index in [2.05, 4.69) is 10.6 Å². The molecule has 0 aliphatic heterocycles. The van der Waals surface area contributed by atoms with E-state index in [0.717, 1.165) is 31.2 Å². The summed E-state index contributed by atoms with van der Waals surface area (Å²) < 4.78 is 0. The van der Waals surface area contributed by atoms with Gasteiger partial charge in [-0.2, -0.15) is 0 Å². The summed E-state index contributed by atoms with van der Waals surface area (Å²) in [6, 6.07) is 7.78. The number of halogens is 1. The van der Waals surface area contributed by atoms with Crippen molar-refractivity contribution in [1.82, 2.24) is 10.6 Å². The molecule has 1 aromatic rings. The summed E-state index contributed by atoms with van der Waals surface area (Å²) in [6.45, 7) is 3.83. The molecule has 0 spiro atoms. The zero-order chi connectivity index (χ0) is 16.9. The van der Waals surface area contributed by atoms with E-state index >= 15 is 0 Å². The maximum absolute atomic E-state index is 12.4. The molecule has 0 radical (unpaired) electrons. The molecule has 2 rings (SSSR count). The number of hydrogen-bond acceptors (Lipinski definition) is 2. The van der Waals surface area contributed by atoms with Crippen LogP contribution in [0, 0.1) is 5.41 Å². The van der Waals surface area contributed by atoms with Crippen LogP contribution in [0.4, 0.5) is 0 Å². The van der Waals surface area contributed by atoms with Gasteiger partial charge in [0.05, 0.1) is 0 Å². The first-order valence-corrected chi connectivity index (χ1v) is 8.61. The van der Waals surface area contributed by atoms with Gasteiger partial charge in [0, 0.05) is 17.6 Å². The van der Waals surface area contributed by atoms with Crippen LogP contribution in [0.25, 0.3) is 0 Å². The Hall–Kier alpha value is -1.55. The third-order valence-electron chi connectivity index (χ3n) is 4.41. The van der Waals surface area contributed by atoms with Gasteiger partial charge in [-0.25, -0.2) is 0 Å². The van der Waals surface area contributed by atoms with Gasteiger partial charge in [0.2, 0.25) is 11.8 Å². The van der Waals surface area contributed by atoms with Crippen LogP contribution in [0.3, 0.4) is 0 Å². The fourth-order valence-electron chi connectivity index (χ4n) is 2.77. The first-order chi connectivity index (χ1) is 10.9. The summed E-state index contributed by atoms with van der Waals surface area (Å²) in [4.78, 5) is 24.7. The first kappa shape index (κ1) is 17.8. The molecule has 23 heavy (non-hydrogen) atoms. The Morgan fingerprint density at radius 2 is 1.91 bits per heavy atom. The predicted molar refractivity (Wildman–Crippen MR) is 92.3 cm³/mol. The molecule has 2 amide bonds. The maximum Gasteiger partial charge on any atom is 0.235 e. The molecule has 1 fully saturated rings. The van der Waals surface area contributed by atoms with E-state index < -0.39 is 5.41 Å². The van der Waals surface area contributed by atoms with Gasteiger partial charge >= 0.3 is 0 Å². The lowest BCUT2D eigenvalue weighted by Crippen LogP contribution is -2.50. The Kier molecular flexibility index (Phi) is 6.05. The van der Waals surface area contributed by atoms with Crippen LogP contribution in [0.2, 0.25) is 5.02 Å². The Morgan fingerprint density at radius 1 is 1.22 bits per heavy atom. The Morgan fingerprint density at radius 3 is 2.57 bits per heavy atom. The highest BCUT2D eigenvalue weighted by Gasteiger charge is 2.37. The van der Waals surface area contributed by atoms with Crippen LogP contribution >= 0.6 is 11.6 Å².